The molecule has 2 unspecified atom stereocenters. The lowest BCUT2D eigenvalue weighted by Crippen LogP contribution is -2.60. The maximum Gasteiger partial charge on any atom is 0.220 e. The van der Waals surface area contributed by atoms with Crippen LogP contribution in [0.15, 0.2) is 0 Å². The van der Waals surface area contributed by atoms with Crippen molar-refractivity contribution < 1.29 is 39.8 Å². The van der Waals surface area contributed by atoms with Crippen molar-refractivity contribution in [3.63, 3.8) is 0 Å². The molecule has 304 valence electrons. The average molecular weight is 730 g/mol. The van der Waals surface area contributed by atoms with E-state index in [0.717, 1.165) is 38.5 Å². The Morgan fingerprint density at radius 2 is 0.980 bits per heavy atom. The number of carbonyl (C=O) groups is 1. The van der Waals surface area contributed by atoms with E-state index in [1.165, 1.54) is 141 Å². The van der Waals surface area contributed by atoms with E-state index in [9.17, 15) is 30.3 Å². The van der Waals surface area contributed by atoms with E-state index in [1.54, 1.807) is 0 Å². The summed E-state index contributed by atoms with van der Waals surface area (Å²) in [6.07, 6.45) is 28.2. The maximum absolute atomic E-state index is 12.9. The molecule has 1 saturated heterocycles. The second kappa shape index (κ2) is 33.7. The van der Waals surface area contributed by atoms with E-state index in [4.69, 9.17) is 9.47 Å². The monoisotopic (exact) mass is 730 g/mol. The van der Waals surface area contributed by atoms with E-state index < -0.39 is 49.5 Å². The highest BCUT2D eigenvalue weighted by Crippen LogP contribution is 2.23. The van der Waals surface area contributed by atoms with Crippen molar-refractivity contribution in [2.45, 2.75) is 249 Å². The van der Waals surface area contributed by atoms with Crippen LogP contribution in [0.1, 0.15) is 206 Å². The third kappa shape index (κ3) is 25.0. The van der Waals surface area contributed by atoms with Gasteiger partial charge in [0, 0.05) is 6.42 Å². The Bertz CT molecular complexity index is 771. The molecule has 1 aliphatic heterocycles. The summed E-state index contributed by atoms with van der Waals surface area (Å²) in [5, 5.41) is 54.2. The lowest BCUT2D eigenvalue weighted by Gasteiger charge is -2.40. The number of ether oxygens (including phenoxy) is 2. The van der Waals surface area contributed by atoms with Gasteiger partial charge in [-0.3, -0.25) is 4.79 Å². The van der Waals surface area contributed by atoms with Crippen molar-refractivity contribution in [1.29, 1.82) is 0 Å². The van der Waals surface area contributed by atoms with Crippen LogP contribution in [0.4, 0.5) is 0 Å². The lowest BCUT2D eigenvalue weighted by molar-refractivity contribution is -0.302. The topological polar surface area (TPSA) is 149 Å². The minimum Gasteiger partial charge on any atom is -0.394 e. The highest BCUT2D eigenvalue weighted by Gasteiger charge is 2.44. The van der Waals surface area contributed by atoms with Gasteiger partial charge in [0.2, 0.25) is 5.91 Å². The quantitative estimate of drug-likeness (QED) is 0.0353. The van der Waals surface area contributed by atoms with Crippen LogP contribution < -0.4 is 5.32 Å². The number of unbranched alkanes of at least 4 members (excludes halogenated alkanes) is 26. The first-order chi connectivity index (χ1) is 24.8. The molecule has 9 nitrogen and oxygen atoms in total. The molecule has 0 bridgehead atoms. The third-order valence-corrected chi connectivity index (χ3v) is 10.7. The molecular weight excluding hydrogens is 646 g/mol. The summed E-state index contributed by atoms with van der Waals surface area (Å²) in [7, 11) is 0. The second-order valence-corrected chi connectivity index (χ2v) is 15.5. The molecule has 0 aromatic carbocycles. The first-order valence-corrected chi connectivity index (χ1v) is 21.7. The molecule has 1 amide bonds. The lowest BCUT2D eigenvalue weighted by atomic mass is 9.99. The zero-order chi connectivity index (χ0) is 37.4. The summed E-state index contributed by atoms with van der Waals surface area (Å²) < 4.78 is 11.2. The molecule has 0 radical (unpaired) electrons. The molecule has 0 aromatic rings. The van der Waals surface area contributed by atoms with Crippen molar-refractivity contribution in [3.05, 3.63) is 0 Å². The van der Waals surface area contributed by atoms with Crippen LogP contribution in [0.25, 0.3) is 0 Å². The predicted octanol–water partition coefficient (Wildman–Crippen LogP) is 8.39. The van der Waals surface area contributed by atoms with Crippen LogP contribution in [-0.2, 0) is 14.3 Å². The normalized spacial score (nSPS) is 21.9. The molecule has 1 rings (SSSR count). The second-order valence-electron chi connectivity index (χ2n) is 15.5. The van der Waals surface area contributed by atoms with E-state index in [1.807, 2.05) is 0 Å². The highest BCUT2D eigenvalue weighted by molar-refractivity contribution is 5.76. The Balaban J connectivity index is 2.35. The number of aliphatic hydroxyl groups is 5. The number of nitrogens with one attached hydrogen (secondary N) is 1. The van der Waals surface area contributed by atoms with Gasteiger partial charge in [-0.15, -0.1) is 0 Å². The Kier molecular flexibility index (Phi) is 31.9. The molecule has 1 fully saturated rings. The van der Waals surface area contributed by atoms with Crippen LogP contribution in [0, 0.1) is 0 Å². The van der Waals surface area contributed by atoms with Gasteiger partial charge in [-0.2, -0.15) is 0 Å². The van der Waals surface area contributed by atoms with E-state index in [2.05, 4.69) is 19.2 Å². The largest absolute Gasteiger partial charge is 0.394 e. The number of hydrogen-bond donors (Lipinski definition) is 6. The van der Waals surface area contributed by atoms with Crippen LogP contribution >= 0.6 is 0 Å². The number of hydrogen-bond acceptors (Lipinski definition) is 8. The molecule has 7 atom stereocenters. The Morgan fingerprint density at radius 3 is 1.39 bits per heavy atom. The van der Waals surface area contributed by atoms with Crippen LogP contribution in [0.2, 0.25) is 0 Å². The van der Waals surface area contributed by atoms with Gasteiger partial charge in [-0.05, 0) is 12.8 Å². The third-order valence-electron chi connectivity index (χ3n) is 10.7. The number of rotatable bonds is 36. The fraction of sp³-hybridized carbons (Fsp3) is 0.976. The van der Waals surface area contributed by atoms with Gasteiger partial charge in [0.1, 0.15) is 24.4 Å². The predicted molar refractivity (Wildman–Crippen MR) is 208 cm³/mol. The molecule has 51 heavy (non-hydrogen) atoms. The number of aliphatic hydroxyl groups excluding tert-OH is 5. The standard InChI is InChI=1S/C42H83NO8/c1-3-5-7-9-11-13-15-17-18-20-22-24-26-28-30-32-38(46)43-35(34-50-42-41(49)40(48)39(47)37(33-44)51-42)36(45)31-29-27-25-23-21-19-16-14-12-10-8-6-4-2/h35-37,39-42,44-45,47-49H,3-34H2,1-2H3,(H,43,46)/t35?,36?,37-,39+,40+,41-,42-/m1/s1. The molecule has 1 heterocycles. The summed E-state index contributed by atoms with van der Waals surface area (Å²) >= 11 is 0. The average Bonchev–Trinajstić information content (AvgIpc) is 3.13. The zero-order valence-electron chi connectivity index (χ0n) is 33.1. The van der Waals surface area contributed by atoms with E-state index in [0.29, 0.717) is 12.8 Å². The minimum absolute atomic E-state index is 0.132. The summed E-state index contributed by atoms with van der Waals surface area (Å²) in [6, 6.07) is -0.710. The Morgan fingerprint density at radius 1 is 0.588 bits per heavy atom. The molecule has 0 spiro atoms. The van der Waals surface area contributed by atoms with Crippen molar-refractivity contribution >= 4 is 5.91 Å². The van der Waals surface area contributed by atoms with Crippen LogP contribution in [-0.4, -0.2) is 87.5 Å². The molecule has 0 aromatic heterocycles. The Labute approximate surface area is 313 Å². The highest BCUT2D eigenvalue weighted by atomic mass is 16.7. The molecule has 0 aliphatic carbocycles. The molecule has 0 saturated carbocycles. The first kappa shape index (κ1) is 48.2. The van der Waals surface area contributed by atoms with E-state index in [-0.39, 0.29) is 12.5 Å². The van der Waals surface area contributed by atoms with Crippen LogP contribution in [0.5, 0.6) is 0 Å². The minimum atomic E-state index is -1.55. The summed E-state index contributed by atoms with van der Waals surface area (Å²) in [5.41, 5.74) is 0. The van der Waals surface area contributed by atoms with Gasteiger partial charge in [0.05, 0.1) is 25.4 Å². The number of amides is 1. The van der Waals surface area contributed by atoms with Gasteiger partial charge < -0.3 is 40.3 Å². The smallest absolute Gasteiger partial charge is 0.220 e. The molecule has 9 heteroatoms. The van der Waals surface area contributed by atoms with Crippen molar-refractivity contribution in [2.75, 3.05) is 13.2 Å². The first-order valence-electron chi connectivity index (χ1n) is 21.7. The van der Waals surface area contributed by atoms with Gasteiger partial charge in [-0.25, -0.2) is 0 Å². The van der Waals surface area contributed by atoms with Crippen LogP contribution in [0.3, 0.4) is 0 Å². The fourth-order valence-corrected chi connectivity index (χ4v) is 7.16. The fourth-order valence-electron chi connectivity index (χ4n) is 7.16. The Hall–Kier alpha value is -0.810. The number of carbonyl (C=O) groups excluding carboxylic acids is 1. The summed E-state index contributed by atoms with van der Waals surface area (Å²) in [6.45, 7) is 3.83. The van der Waals surface area contributed by atoms with Crippen molar-refractivity contribution in [3.8, 4) is 0 Å². The maximum atomic E-state index is 12.9. The van der Waals surface area contributed by atoms with Gasteiger partial charge in [0.25, 0.3) is 0 Å². The molecular formula is C42H83NO8. The van der Waals surface area contributed by atoms with Gasteiger partial charge in [-0.1, -0.05) is 187 Å². The zero-order valence-corrected chi connectivity index (χ0v) is 33.1. The van der Waals surface area contributed by atoms with Gasteiger partial charge in [0.15, 0.2) is 6.29 Å². The van der Waals surface area contributed by atoms with Crippen molar-refractivity contribution in [1.82, 2.24) is 5.32 Å². The molecule has 1 aliphatic rings. The SMILES string of the molecule is CCCCCCCCCCCCCCCCCC(=O)NC(CO[C@@H]1O[C@H](CO)[C@H](O)[C@H](O)[C@H]1O)C(O)CCCCCCCCCCCCCCC. The molecule has 6 N–H and O–H groups in total. The summed E-state index contributed by atoms with van der Waals surface area (Å²) in [4.78, 5) is 12.9. The van der Waals surface area contributed by atoms with Crippen molar-refractivity contribution in [2.24, 2.45) is 0 Å². The van der Waals surface area contributed by atoms with E-state index >= 15 is 0 Å². The van der Waals surface area contributed by atoms with Gasteiger partial charge >= 0.3 is 0 Å². The summed E-state index contributed by atoms with van der Waals surface area (Å²) in [5.74, 6) is -0.142.